The average Bonchev–Trinajstić information content (AvgIpc) is 2.24. The zero-order valence-corrected chi connectivity index (χ0v) is 9.17. The summed E-state index contributed by atoms with van der Waals surface area (Å²) in [4.78, 5) is 19.5. The monoisotopic (exact) mass is 302 g/mol. The fourth-order valence-corrected chi connectivity index (χ4v) is 1.50. The molecule has 0 bridgehead atoms. The van der Waals surface area contributed by atoms with E-state index in [-0.39, 0.29) is 12.1 Å². The van der Waals surface area contributed by atoms with Crippen LogP contribution in [0.25, 0.3) is 0 Å². The van der Waals surface area contributed by atoms with Crippen LogP contribution in [-0.2, 0) is 12.4 Å². The number of nitro benzene ring substituents is 1. The maximum atomic E-state index is 12.7. The molecule has 1 rings (SSSR count). The number of amides is 1. The van der Waals surface area contributed by atoms with Gasteiger partial charge in [0.25, 0.3) is 5.69 Å². The first-order chi connectivity index (χ1) is 8.87. The quantitative estimate of drug-likeness (QED) is 0.517. The Kier molecular flexibility index (Phi) is 3.66. The van der Waals surface area contributed by atoms with Crippen molar-refractivity contribution in [2.45, 2.75) is 12.4 Å². The maximum absolute atomic E-state index is 12.7. The predicted molar refractivity (Wildman–Crippen MR) is 51.6 cm³/mol. The Morgan fingerprint density at radius 2 is 1.60 bits per heavy atom. The second-order valence-corrected chi connectivity index (χ2v) is 3.50. The van der Waals surface area contributed by atoms with Crippen LogP contribution >= 0.6 is 0 Å². The summed E-state index contributed by atoms with van der Waals surface area (Å²) in [5.41, 5.74) is -3.48. The van der Waals surface area contributed by atoms with Crippen molar-refractivity contribution < 1.29 is 36.1 Å². The van der Waals surface area contributed by atoms with E-state index in [1.54, 1.807) is 0 Å². The van der Waals surface area contributed by atoms with Gasteiger partial charge in [0.1, 0.15) is 11.1 Å². The van der Waals surface area contributed by atoms with Crippen molar-refractivity contribution in [3.05, 3.63) is 38.9 Å². The molecule has 0 atom stereocenters. The molecule has 0 unspecified atom stereocenters. The molecule has 0 fully saturated rings. The summed E-state index contributed by atoms with van der Waals surface area (Å²) in [6.07, 6.45) is -10.9. The van der Waals surface area contributed by atoms with Gasteiger partial charge in [0.05, 0.1) is 10.5 Å². The Balaban J connectivity index is 3.91. The van der Waals surface area contributed by atoms with Crippen molar-refractivity contribution in [1.29, 1.82) is 0 Å². The topological polar surface area (TPSA) is 86.2 Å². The molecule has 0 saturated heterocycles. The fraction of sp³-hybridized carbons (Fsp3) is 0.222. The van der Waals surface area contributed by atoms with Gasteiger partial charge in [0, 0.05) is 0 Å². The highest BCUT2D eigenvalue weighted by molar-refractivity contribution is 5.96. The number of hydrogen-bond donors (Lipinski definition) is 1. The Hall–Kier alpha value is -2.33. The number of nitro groups is 1. The van der Waals surface area contributed by atoms with Crippen molar-refractivity contribution >= 4 is 11.6 Å². The largest absolute Gasteiger partial charge is 0.423 e. The van der Waals surface area contributed by atoms with Crippen LogP contribution in [0.4, 0.5) is 32.0 Å². The number of benzene rings is 1. The molecule has 0 aliphatic carbocycles. The third kappa shape index (κ3) is 2.81. The van der Waals surface area contributed by atoms with Crippen molar-refractivity contribution in [2.24, 2.45) is 5.73 Å². The molecule has 2 N–H and O–H groups in total. The smallest absolute Gasteiger partial charge is 0.366 e. The van der Waals surface area contributed by atoms with Gasteiger partial charge in [-0.05, 0) is 12.1 Å². The zero-order chi connectivity index (χ0) is 15.9. The molecule has 0 aromatic heterocycles. The van der Waals surface area contributed by atoms with E-state index >= 15 is 0 Å². The van der Waals surface area contributed by atoms with E-state index in [9.17, 15) is 41.3 Å². The molecular formula is C9H4F6N2O3. The number of carbonyl (C=O) groups excluding carboxylic acids is 1. The van der Waals surface area contributed by atoms with Gasteiger partial charge in [-0.2, -0.15) is 26.3 Å². The molecule has 20 heavy (non-hydrogen) atoms. The minimum absolute atomic E-state index is 0.00741. The number of nitrogens with two attached hydrogens (primary N) is 1. The second-order valence-electron chi connectivity index (χ2n) is 3.50. The highest BCUT2D eigenvalue weighted by atomic mass is 19.4. The van der Waals surface area contributed by atoms with E-state index in [1.807, 2.05) is 0 Å². The average molecular weight is 302 g/mol. The van der Waals surface area contributed by atoms with Gasteiger partial charge in [-0.1, -0.05) is 0 Å². The molecule has 0 aliphatic heterocycles. The molecule has 11 heteroatoms. The van der Waals surface area contributed by atoms with Gasteiger partial charge in [-0.3, -0.25) is 14.9 Å². The summed E-state index contributed by atoms with van der Waals surface area (Å²) in [7, 11) is 0. The van der Waals surface area contributed by atoms with Crippen LogP contribution in [0.5, 0.6) is 0 Å². The van der Waals surface area contributed by atoms with E-state index in [2.05, 4.69) is 5.73 Å². The molecule has 0 radical (unpaired) electrons. The third-order valence-corrected chi connectivity index (χ3v) is 2.21. The van der Waals surface area contributed by atoms with Crippen molar-refractivity contribution in [2.75, 3.05) is 0 Å². The molecule has 1 aromatic carbocycles. The van der Waals surface area contributed by atoms with Crippen LogP contribution in [0.3, 0.4) is 0 Å². The Labute approximate surface area is 106 Å². The molecule has 1 aromatic rings. The molecule has 0 spiro atoms. The first-order valence-corrected chi connectivity index (χ1v) is 4.63. The SMILES string of the molecule is NC(=O)c1ccc(C(F)(F)F)c([N+](=O)[O-])c1C(F)(F)F. The van der Waals surface area contributed by atoms with Crippen LogP contribution in [0.15, 0.2) is 12.1 Å². The number of rotatable bonds is 2. The van der Waals surface area contributed by atoms with Crippen molar-refractivity contribution in [3.63, 3.8) is 0 Å². The Morgan fingerprint density at radius 1 is 1.10 bits per heavy atom. The molecule has 0 aliphatic rings. The van der Waals surface area contributed by atoms with Gasteiger partial charge in [0.2, 0.25) is 5.91 Å². The number of primary amides is 1. The number of nitrogens with zero attached hydrogens (tertiary/aromatic N) is 1. The maximum Gasteiger partial charge on any atom is 0.423 e. The van der Waals surface area contributed by atoms with Crippen LogP contribution < -0.4 is 5.73 Å². The van der Waals surface area contributed by atoms with Gasteiger partial charge in [-0.15, -0.1) is 0 Å². The summed E-state index contributed by atoms with van der Waals surface area (Å²) >= 11 is 0. The molecule has 0 heterocycles. The van der Waals surface area contributed by atoms with Crippen LogP contribution in [0, 0.1) is 10.1 Å². The normalized spacial score (nSPS) is 12.3. The summed E-state index contributed by atoms with van der Waals surface area (Å²) in [5, 5.41) is 10.6. The standard InChI is InChI=1S/C9H4F6N2O3/c10-8(11,12)4-2-1-3(7(16)18)5(9(13,14)15)6(4)17(19)20/h1-2H,(H2,16,18). The molecular weight excluding hydrogens is 298 g/mol. The summed E-state index contributed by atoms with van der Waals surface area (Å²) < 4.78 is 75.7. The van der Waals surface area contributed by atoms with Crippen LogP contribution in [-0.4, -0.2) is 10.8 Å². The first kappa shape index (κ1) is 15.7. The zero-order valence-electron chi connectivity index (χ0n) is 9.17. The van der Waals surface area contributed by atoms with E-state index in [4.69, 9.17) is 0 Å². The van der Waals surface area contributed by atoms with Gasteiger partial charge >= 0.3 is 12.4 Å². The van der Waals surface area contributed by atoms with Crippen LogP contribution in [0.2, 0.25) is 0 Å². The van der Waals surface area contributed by atoms with E-state index in [1.165, 1.54) is 0 Å². The van der Waals surface area contributed by atoms with Crippen molar-refractivity contribution in [1.82, 2.24) is 0 Å². The second kappa shape index (κ2) is 4.65. The lowest BCUT2D eigenvalue weighted by molar-refractivity contribution is -0.391. The third-order valence-electron chi connectivity index (χ3n) is 2.21. The number of carbonyl (C=O) groups is 1. The number of hydrogen-bond acceptors (Lipinski definition) is 3. The molecule has 5 nitrogen and oxygen atoms in total. The van der Waals surface area contributed by atoms with E-state index < -0.39 is 45.6 Å². The van der Waals surface area contributed by atoms with E-state index in [0.29, 0.717) is 0 Å². The van der Waals surface area contributed by atoms with E-state index in [0.717, 1.165) is 0 Å². The Morgan fingerprint density at radius 3 is 1.90 bits per heavy atom. The summed E-state index contributed by atoms with van der Waals surface area (Å²) in [5.74, 6) is -1.73. The minimum Gasteiger partial charge on any atom is -0.366 e. The number of halogens is 6. The highest BCUT2D eigenvalue weighted by Gasteiger charge is 2.48. The number of alkyl halides is 6. The van der Waals surface area contributed by atoms with Gasteiger partial charge in [0.15, 0.2) is 0 Å². The predicted octanol–water partition coefficient (Wildman–Crippen LogP) is 2.73. The minimum atomic E-state index is -5.55. The molecule has 0 saturated carbocycles. The summed E-state index contributed by atoms with van der Waals surface area (Å²) in [6, 6.07) is 0.161. The Bertz CT molecular complexity index is 578. The molecule has 110 valence electrons. The highest BCUT2D eigenvalue weighted by Crippen LogP contribution is 2.45. The summed E-state index contributed by atoms with van der Waals surface area (Å²) in [6.45, 7) is 0. The first-order valence-electron chi connectivity index (χ1n) is 4.63. The van der Waals surface area contributed by atoms with Gasteiger partial charge in [-0.25, -0.2) is 0 Å². The molecule has 1 amide bonds. The van der Waals surface area contributed by atoms with Crippen molar-refractivity contribution in [3.8, 4) is 0 Å². The van der Waals surface area contributed by atoms with Gasteiger partial charge < -0.3 is 5.73 Å². The lowest BCUT2D eigenvalue weighted by Gasteiger charge is -2.15. The lowest BCUT2D eigenvalue weighted by Crippen LogP contribution is -2.23. The lowest BCUT2D eigenvalue weighted by atomic mass is 9.99. The van der Waals surface area contributed by atoms with Crippen LogP contribution in [0.1, 0.15) is 21.5 Å². The fourth-order valence-electron chi connectivity index (χ4n) is 1.50.